The first-order chi connectivity index (χ1) is 11.0. The number of aromatic nitrogens is 1. The molecule has 0 aliphatic heterocycles. The van der Waals surface area contributed by atoms with E-state index in [4.69, 9.17) is 0 Å². The fourth-order valence-corrected chi connectivity index (χ4v) is 1.73. The van der Waals surface area contributed by atoms with Gasteiger partial charge in [0.05, 0.1) is 34.2 Å². The van der Waals surface area contributed by atoms with Gasteiger partial charge < -0.3 is 19.8 Å². The second-order valence-corrected chi connectivity index (χ2v) is 4.38. The number of rotatable bonds is 3. The molecular weight excluding hydrogens is 316 g/mol. The number of isothiocyanates is 1. The van der Waals surface area contributed by atoms with Gasteiger partial charge in [0.1, 0.15) is 0 Å². The fourth-order valence-electron chi connectivity index (χ4n) is 1.63. The van der Waals surface area contributed by atoms with Crippen LogP contribution in [0.5, 0.6) is 0 Å². The summed E-state index contributed by atoms with van der Waals surface area (Å²) in [5, 5.41) is 23.9. The summed E-state index contributed by atoms with van der Waals surface area (Å²) in [5.74, 6) is 2.24. The van der Waals surface area contributed by atoms with Crippen molar-refractivity contribution >= 4 is 35.0 Å². The number of aliphatic imine (C=N–C) groups is 1. The zero-order chi connectivity index (χ0) is 16.8. The van der Waals surface area contributed by atoms with E-state index in [9.17, 15) is 19.8 Å². The second-order valence-electron chi connectivity index (χ2n) is 4.20. The lowest BCUT2D eigenvalue weighted by Crippen LogP contribution is -2.28. The molecular formula is C16H6N2O4S-2. The maximum Gasteiger partial charge on any atom is 0.0900 e. The Morgan fingerprint density at radius 1 is 0.957 bits per heavy atom. The van der Waals surface area contributed by atoms with Gasteiger partial charge in [-0.1, -0.05) is 11.8 Å². The van der Waals surface area contributed by atoms with Crippen molar-refractivity contribution in [3.05, 3.63) is 58.9 Å². The van der Waals surface area contributed by atoms with Crippen molar-refractivity contribution in [3.63, 3.8) is 0 Å². The van der Waals surface area contributed by atoms with Crippen LogP contribution in [0.3, 0.4) is 0 Å². The number of pyridine rings is 1. The molecule has 6 nitrogen and oxygen atoms in total. The summed E-state index contributed by atoms with van der Waals surface area (Å²) in [5.41, 5.74) is 0.353. The minimum Gasteiger partial charge on any atom is -0.543 e. The van der Waals surface area contributed by atoms with Crippen molar-refractivity contribution in [2.75, 3.05) is 0 Å². The first kappa shape index (κ1) is 16.0. The van der Waals surface area contributed by atoms with E-state index in [1.165, 1.54) is 0 Å². The van der Waals surface area contributed by atoms with Crippen molar-refractivity contribution in [2.45, 2.75) is 0 Å². The van der Waals surface area contributed by atoms with E-state index in [0.29, 0.717) is 11.3 Å². The predicted octanol–water partition coefficient (Wildman–Crippen LogP) is -0.0573. The molecule has 0 unspecified atom stereocenters. The zero-order valence-corrected chi connectivity index (χ0v) is 12.2. The molecule has 0 radical (unpaired) electrons. The lowest BCUT2D eigenvalue weighted by molar-refractivity contribution is -0.255. The van der Waals surface area contributed by atoms with Gasteiger partial charge >= 0.3 is 0 Å². The van der Waals surface area contributed by atoms with Crippen LogP contribution in [0, 0.1) is 11.8 Å². The number of hydrogen-bond donors (Lipinski definition) is 0. The first-order valence-electron chi connectivity index (χ1n) is 6.14. The minimum absolute atomic E-state index is 0.166. The van der Waals surface area contributed by atoms with Crippen molar-refractivity contribution in [1.82, 2.24) is 4.98 Å². The SMILES string of the molecule is O=C([O-])c1cc(C#Cc2ccc(N=C=S)cc2)cc(C(=O)[O-])n1. The fraction of sp³-hybridized carbons (Fsp3) is 0. The van der Waals surface area contributed by atoms with Crippen molar-refractivity contribution in [1.29, 1.82) is 0 Å². The van der Waals surface area contributed by atoms with Gasteiger partial charge in [-0.15, -0.1) is 0 Å². The highest BCUT2D eigenvalue weighted by atomic mass is 32.1. The van der Waals surface area contributed by atoms with Gasteiger partial charge in [-0.2, -0.15) is 4.99 Å². The summed E-state index contributed by atoms with van der Waals surface area (Å²) in [6.07, 6.45) is 0. The quantitative estimate of drug-likeness (QED) is 0.445. The Morgan fingerprint density at radius 2 is 1.48 bits per heavy atom. The van der Waals surface area contributed by atoms with Gasteiger partial charge in [0, 0.05) is 11.1 Å². The number of aromatic carboxylic acids is 2. The molecule has 0 N–H and O–H groups in total. The Labute approximate surface area is 136 Å². The molecule has 1 aromatic heterocycles. The van der Waals surface area contributed by atoms with Crippen LogP contribution in [0.1, 0.15) is 32.1 Å². The topological polar surface area (TPSA) is 106 Å². The number of hydrogen-bond acceptors (Lipinski definition) is 7. The molecule has 112 valence electrons. The molecule has 2 rings (SSSR count). The molecule has 1 aromatic carbocycles. The van der Waals surface area contributed by atoms with Crippen LogP contribution >= 0.6 is 12.2 Å². The molecule has 7 heteroatoms. The minimum atomic E-state index is -1.60. The number of benzene rings is 1. The third-order valence-electron chi connectivity index (χ3n) is 2.64. The molecule has 0 spiro atoms. The normalized spacial score (nSPS) is 9.22. The van der Waals surface area contributed by atoms with Gasteiger partial charge in [-0.05, 0) is 48.6 Å². The highest BCUT2D eigenvalue weighted by Crippen LogP contribution is 2.12. The van der Waals surface area contributed by atoms with Gasteiger partial charge in [0.2, 0.25) is 0 Å². The first-order valence-corrected chi connectivity index (χ1v) is 6.55. The van der Waals surface area contributed by atoms with E-state index >= 15 is 0 Å². The molecule has 0 amide bonds. The van der Waals surface area contributed by atoms with Crippen LogP contribution in [0.25, 0.3) is 0 Å². The number of carboxylic acids is 2. The van der Waals surface area contributed by atoms with Crippen LogP contribution in [0.2, 0.25) is 0 Å². The Morgan fingerprint density at radius 3 is 1.96 bits per heavy atom. The molecule has 0 saturated heterocycles. The zero-order valence-electron chi connectivity index (χ0n) is 11.4. The molecule has 23 heavy (non-hydrogen) atoms. The summed E-state index contributed by atoms with van der Waals surface area (Å²) in [4.78, 5) is 28.9. The van der Waals surface area contributed by atoms with E-state index in [1.54, 1.807) is 24.3 Å². The van der Waals surface area contributed by atoms with Crippen LogP contribution in [-0.4, -0.2) is 22.1 Å². The monoisotopic (exact) mass is 322 g/mol. The standard InChI is InChI=1S/C16H8N2O4S/c19-15(20)13-7-11(8-14(18-13)16(21)22)2-1-10-3-5-12(6-4-10)17-9-23/h3-8H,(H,19,20)(H,21,22)/p-2. The van der Waals surface area contributed by atoms with Crippen LogP contribution < -0.4 is 10.2 Å². The summed E-state index contributed by atoms with van der Waals surface area (Å²) in [6.45, 7) is 0. The third kappa shape index (κ3) is 4.32. The summed E-state index contributed by atoms with van der Waals surface area (Å²) in [6, 6.07) is 8.96. The Balaban J connectivity index is 2.38. The van der Waals surface area contributed by atoms with Crippen LogP contribution in [-0.2, 0) is 0 Å². The number of thiocarbonyl (C=S) groups is 1. The average molecular weight is 322 g/mol. The summed E-state index contributed by atoms with van der Waals surface area (Å²) >= 11 is 4.49. The van der Waals surface area contributed by atoms with Crippen LogP contribution in [0.15, 0.2) is 41.4 Å². The van der Waals surface area contributed by atoms with Gasteiger partial charge in [0.15, 0.2) is 0 Å². The maximum absolute atomic E-state index is 10.8. The molecule has 0 saturated carbocycles. The van der Waals surface area contributed by atoms with E-state index in [2.05, 4.69) is 39.2 Å². The van der Waals surface area contributed by atoms with Gasteiger partial charge in [-0.3, -0.25) is 0 Å². The molecule has 0 aliphatic rings. The molecule has 0 bridgehead atoms. The number of carbonyl (C=O) groups excluding carboxylic acids is 2. The van der Waals surface area contributed by atoms with Crippen molar-refractivity contribution in [3.8, 4) is 11.8 Å². The molecule has 1 heterocycles. The van der Waals surface area contributed by atoms with Gasteiger partial charge in [-0.25, -0.2) is 4.98 Å². The smallest absolute Gasteiger partial charge is 0.0900 e. The van der Waals surface area contributed by atoms with E-state index < -0.39 is 23.3 Å². The number of nitrogens with zero attached hydrogens (tertiary/aromatic N) is 2. The Bertz CT molecular complexity index is 856. The highest BCUT2D eigenvalue weighted by molar-refractivity contribution is 7.78. The number of carbonyl (C=O) groups is 2. The molecule has 0 fully saturated rings. The van der Waals surface area contributed by atoms with Crippen molar-refractivity contribution < 1.29 is 19.8 Å². The molecule has 2 aromatic rings. The van der Waals surface area contributed by atoms with Crippen LogP contribution in [0.4, 0.5) is 5.69 Å². The Hall–Kier alpha value is -3.33. The van der Waals surface area contributed by atoms with E-state index in [-0.39, 0.29) is 5.56 Å². The van der Waals surface area contributed by atoms with Crippen molar-refractivity contribution in [2.24, 2.45) is 4.99 Å². The van der Waals surface area contributed by atoms with E-state index in [1.807, 2.05) is 0 Å². The summed E-state index contributed by atoms with van der Waals surface area (Å²) < 4.78 is 0. The largest absolute Gasteiger partial charge is 0.543 e. The predicted molar refractivity (Wildman–Crippen MR) is 80.0 cm³/mol. The molecule has 0 atom stereocenters. The second kappa shape index (κ2) is 7.09. The lowest BCUT2D eigenvalue weighted by atomic mass is 10.1. The van der Waals surface area contributed by atoms with Gasteiger partial charge in [0.25, 0.3) is 0 Å². The average Bonchev–Trinajstić information content (AvgIpc) is 2.54. The Kier molecular flexibility index (Phi) is 4.95. The lowest BCUT2D eigenvalue weighted by Gasteiger charge is -2.07. The number of carboxylic acid groups (broad SMARTS) is 2. The highest BCUT2D eigenvalue weighted by Gasteiger charge is 2.03. The third-order valence-corrected chi connectivity index (χ3v) is 2.73. The maximum atomic E-state index is 10.8. The van der Waals surface area contributed by atoms with E-state index in [0.717, 1.165) is 12.1 Å². The molecule has 0 aliphatic carbocycles. The summed E-state index contributed by atoms with van der Waals surface area (Å²) in [7, 11) is 0.